The molecule has 3 rings (SSSR count). The molecule has 1 saturated heterocycles. The van der Waals surface area contributed by atoms with Crippen LogP contribution in [0.2, 0.25) is 0 Å². The summed E-state index contributed by atoms with van der Waals surface area (Å²) in [4.78, 5) is 25.7. The number of carbonyl (C=O) groups excluding carboxylic acids is 1. The highest BCUT2D eigenvalue weighted by Crippen LogP contribution is 2.22. The summed E-state index contributed by atoms with van der Waals surface area (Å²) in [6, 6.07) is 7.21. The molecule has 0 spiro atoms. The van der Waals surface area contributed by atoms with Crippen LogP contribution in [0.4, 0.5) is 5.69 Å². The van der Waals surface area contributed by atoms with Gasteiger partial charge in [0.25, 0.3) is 5.91 Å². The lowest BCUT2D eigenvalue weighted by molar-refractivity contribution is -0.386. The van der Waals surface area contributed by atoms with Crippen LogP contribution in [0.25, 0.3) is 0 Å². The van der Waals surface area contributed by atoms with Crippen LogP contribution in [0.3, 0.4) is 0 Å². The summed E-state index contributed by atoms with van der Waals surface area (Å²) in [7, 11) is 0. The molecule has 2 heterocycles. The topological polar surface area (TPSA) is 103 Å². The third-order valence-corrected chi connectivity index (χ3v) is 5.41. The number of morpholine rings is 1. The molecule has 1 N–H and O–H groups in total. The zero-order valence-corrected chi connectivity index (χ0v) is 18.6. The van der Waals surface area contributed by atoms with E-state index in [1.165, 1.54) is 0 Å². The van der Waals surface area contributed by atoms with Gasteiger partial charge in [-0.05, 0) is 37.5 Å². The first-order valence-electron chi connectivity index (χ1n) is 10.6. The molecule has 1 aromatic carbocycles. The molecular weight excluding hydrogens is 398 g/mol. The van der Waals surface area contributed by atoms with Gasteiger partial charge in [-0.15, -0.1) is 0 Å². The lowest BCUT2D eigenvalue weighted by Crippen LogP contribution is -2.48. The third kappa shape index (κ3) is 5.89. The standard InChI is InChI=1S/C22H31N5O4/c1-15(2)12-25-9-10-31-20(14-25)11-23-22(28)19-7-5-18(6-8-19)13-26-17(4)21(27(29)30)16(3)24-26/h5-8,15,20H,9-14H2,1-4H3,(H,23,28). The summed E-state index contributed by atoms with van der Waals surface area (Å²) in [5.74, 6) is 0.463. The van der Waals surface area contributed by atoms with Gasteiger partial charge in [0.2, 0.25) is 0 Å². The van der Waals surface area contributed by atoms with Crippen molar-refractivity contribution in [3.8, 4) is 0 Å². The average molecular weight is 430 g/mol. The Labute approximate surface area is 182 Å². The maximum Gasteiger partial charge on any atom is 0.312 e. The zero-order chi connectivity index (χ0) is 22.5. The van der Waals surface area contributed by atoms with E-state index in [2.05, 4.69) is 29.2 Å². The van der Waals surface area contributed by atoms with Crippen LogP contribution in [-0.2, 0) is 11.3 Å². The normalized spacial score (nSPS) is 17.1. The minimum atomic E-state index is -0.403. The van der Waals surface area contributed by atoms with E-state index in [-0.39, 0.29) is 17.7 Å². The van der Waals surface area contributed by atoms with Crippen molar-refractivity contribution in [3.05, 3.63) is 56.9 Å². The van der Waals surface area contributed by atoms with E-state index in [9.17, 15) is 14.9 Å². The number of aromatic nitrogens is 2. The van der Waals surface area contributed by atoms with Gasteiger partial charge in [0.1, 0.15) is 11.4 Å². The fourth-order valence-electron chi connectivity index (χ4n) is 3.93. The van der Waals surface area contributed by atoms with Crippen molar-refractivity contribution in [2.45, 2.75) is 40.3 Å². The molecule has 9 nitrogen and oxygen atoms in total. The van der Waals surface area contributed by atoms with E-state index in [1.807, 2.05) is 12.1 Å². The maximum absolute atomic E-state index is 12.5. The molecule has 168 valence electrons. The van der Waals surface area contributed by atoms with Gasteiger partial charge in [0.15, 0.2) is 0 Å². The second-order valence-corrected chi connectivity index (χ2v) is 8.49. The summed E-state index contributed by atoms with van der Waals surface area (Å²) >= 11 is 0. The van der Waals surface area contributed by atoms with Crippen LogP contribution in [0.1, 0.15) is 41.2 Å². The molecule has 1 amide bonds. The Morgan fingerprint density at radius 3 is 2.65 bits per heavy atom. The monoisotopic (exact) mass is 429 g/mol. The Hall–Kier alpha value is -2.78. The molecule has 1 aromatic heterocycles. The van der Waals surface area contributed by atoms with Crippen LogP contribution >= 0.6 is 0 Å². The quantitative estimate of drug-likeness (QED) is 0.511. The summed E-state index contributed by atoms with van der Waals surface area (Å²) in [6.45, 7) is 12.1. The predicted molar refractivity (Wildman–Crippen MR) is 117 cm³/mol. The number of nitrogens with one attached hydrogen (secondary N) is 1. The van der Waals surface area contributed by atoms with Gasteiger partial charge in [-0.2, -0.15) is 5.10 Å². The molecule has 1 fully saturated rings. The average Bonchev–Trinajstić information content (AvgIpc) is 2.99. The fraction of sp³-hybridized carbons (Fsp3) is 0.545. The third-order valence-electron chi connectivity index (χ3n) is 5.41. The van der Waals surface area contributed by atoms with Crippen LogP contribution in [0.15, 0.2) is 24.3 Å². The van der Waals surface area contributed by atoms with Crippen molar-refractivity contribution in [1.29, 1.82) is 0 Å². The number of aryl methyl sites for hydroxylation is 1. The SMILES string of the molecule is Cc1nn(Cc2ccc(C(=O)NCC3CN(CC(C)C)CCO3)cc2)c(C)c1[N+](=O)[O-]. The second-order valence-electron chi connectivity index (χ2n) is 8.49. The van der Waals surface area contributed by atoms with Crippen molar-refractivity contribution < 1.29 is 14.5 Å². The lowest BCUT2D eigenvalue weighted by Gasteiger charge is -2.33. The number of hydrogen-bond acceptors (Lipinski definition) is 6. The Balaban J connectivity index is 1.55. The molecule has 0 aliphatic carbocycles. The van der Waals surface area contributed by atoms with Crippen LogP contribution in [0, 0.1) is 29.9 Å². The van der Waals surface area contributed by atoms with Crippen LogP contribution in [-0.4, -0.2) is 64.4 Å². The van der Waals surface area contributed by atoms with Crippen molar-refractivity contribution >= 4 is 11.6 Å². The maximum atomic E-state index is 12.5. The van der Waals surface area contributed by atoms with E-state index in [1.54, 1.807) is 30.7 Å². The minimum absolute atomic E-state index is 0.00227. The summed E-state index contributed by atoms with van der Waals surface area (Å²) in [6.07, 6.45) is -0.00227. The number of carbonyl (C=O) groups is 1. The number of hydrogen-bond donors (Lipinski definition) is 1. The highest BCUT2D eigenvalue weighted by Gasteiger charge is 2.23. The van der Waals surface area contributed by atoms with E-state index in [0.717, 1.165) is 25.2 Å². The highest BCUT2D eigenvalue weighted by molar-refractivity contribution is 5.94. The zero-order valence-electron chi connectivity index (χ0n) is 18.6. The Bertz CT molecular complexity index is 923. The number of nitrogens with zero attached hydrogens (tertiary/aromatic N) is 4. The van der Waals surface area contributed by atoms with Gasteiger partial charge < -0.3 is 10.1 Å². The van der Waals surface area contributed by atoms with E-state index >= 15 is 0 Å². The van der Waals surface area contributed by atoms with Gasteiger partial charge >= 0.3 is 5.69 Å². The molecule has 0 bridgehead atoms. The molecular formula is C22H31N5O4. The number of nitro groups is 1. The molecule has 1 atom stereocenters. The van der Waals surface area contributed by atoms with Gasteiger partial charge in [0.05, 0.1) is 24.2 Å². The molecule has 1 aliphatic rings. The molecule has 0 radical (unpaired) electrons. The van der Waals surface area contributed by atoms with Crippen molar-refractivity contribution in [1.82, 2.24) is 20.0 Å². The molecule has 1 aliphatic heterocycles. The smallest absolute Gasteiger partial charge is 0.312 e. The van der Waals surface area contributed by atoms with Crippen molar-refractivity contribution in [3.63, 3.8) is 0 Å². The number of ether oxygens (including phenoxy) is 1. The Morgan fingerprint density at radius 2 is 2.03 bits per heavy atom. The van der Waals surface area contributed by atoms with Crippen LogP contribution in [0.5, 0.6) is 0 Å². The summed E-state index contributed by atoms with van der Waals surface area (Å²) < 4.78 is 7.40. The summed E-state index contributed by atoms with van der Waals surface area (Å²) in [5, 5.41) is 18.4. The first-order chi connectivity index (χ1) is 14.7. The minimum Gasteiger partial charge on any atom is -0.374 e. The van der Waals surface area contributed by atoms with Crippen molar-refractivity contribution in [2.24, 2.45) is 5.92 Å². The van der Waals surface area contributed by atoms with E-state index < -0.39 is 4.92 Å². The summed E-state index contributed by atoms with van der Waals surface area (Å²) in [5.41, 5.74) is 2.45. The number of benzene rings is 1. The first-order valence-corrected chi connectivity index (χ1v) is 10.6. The molecule has 0 saturated carbocycles. The van der Waals surface area contributed by atoms with E-state index in [4.69, 9.17) is 4.74 Å². The van der Waals surface area contributed by atoms with Gasteiger partial charge in [-0.25, -0.2) is 0 Å². The predicted octanol–water partition coefficient (Wildman–Crippen LogP) is 2.54. The number of amides is 1. The van der Waals surface area contributed by atoms with Gasteiger partial charge in [0, 0.05) is 31.7 Å². The van der Waals surface area contributed by atoms with Gasteiger partial charge in [-0.1, -0.05) is 26.0 Å². The number of rotatable bonds is 8. The first kappa shape index (κ1) is 22.9. The molecule has 2 aromatic rings. The molecule has 1 unspecified atom stereocenters. The fourth-order valence-corrected chi connectivity index (χ4v) is 3.93. The van der Waals surface area contributed by atoms with Crippen LogP contribution < -0.4 is 5.32 Å². The largest absolute Gasteiger partial charge is 0.374 e. The molecule has 9 heteroatoms. The molecule has 31 heavy (non-hydrogen) atoms. The lowest BCUT2D eigenvalue weighted by atomic mass is 10.1. The Morgan fingerprint density at radius 1 is 1.32 bits per heavy atom. The Kier molecular flexibility index (Phi) is 7.40. The van der Waals surface area contributed by atoms with Crippen molar-refractivity contribution in [2.75, 3.05) is 32.8 Å². The highest BCUT2D eigenvalue weighted by atomic mass is 16.6. The van der Waals surface area contributed by atoms with Gasteiger partial charge in [-0.3, -0.25) is 24.5 Å². The van der Waals surface area contributed by atoms with E-state index in [0.29, 0.717) is 42.6 Å². The second kappa shape index (κ2) is 10.0.